The Morgan fingerprint density at radius 3 is 1.76 bits per heavy atom. The molecule has 0 radical (unpaired) electrons. The lowest BCUT2D eigenvalue weighted by molar-refractivity contribution is 0.0954. The van der Waals surface area contributed by atoms with Crippen molar-refractivity contribution in [2.75, 3.05) is 0 Å². The Labute approximate surface area is 108 Å². The number of halogens is 1. The Morgan fingerprint density at radius 2 is 1.41 bits per heavy atom. The van der Waals surface area contributed by atoms with Crippen LogP contribution in [0, 0.1) is 0 Å². The van der Waals surface area contributed by atoms with Crippen LogP contribution in [0.5, 0.6) is 0 Å². The summed E-state index contributed by atoms with van der Waals surface area (Å²) in [6.45, 7) is 0. The predicted molar refractivity (Wildman–Crippen MR) is 68.3 cm³/mol. The van der Waals surface area contributed by atoms with Crippen LogP contribution in [0.3, 0.4) is 0 Å². The molecule has 0 aromatic rings. The highest BCUT2D eigenvalue weighted by Gasteiger charge is 2.15. The largest absolute Gasteiger partial charge is 0.450 e. The highest BCUT2D eigenvalue weighted by molar-refractivity contribution is 6.61. The summed E-state index contributed by atoms with van der Waals surface area (Å²) in [6.07, 6.45) is 11.6. The minimum atomic E-state index is -0.660. The van der Waals surface area contributed by atoms with Gasteiger partial charge in [0.15, 0.2) is 0 Å². The normalized spacial score (nSPS) is 22.5. The Bertz CT molecular complexity index is 209. The summed E-state index contributed by atoms with van der Waals surface area (Å²) in [5, 5.41) is 8.91. The van der Waals surface area contributed by atoms with Gasteiger partial charge in [-0.2, -0.15) is 0 Å². The van der Waals surface area contributed by atoms with Crippen LogP contribution in [-0.2, 0) is 4.74 Å². The van der Waals surface area contributed by atoms with Gasteiger partial charge in [-0.15, -0.1) is 0 Å². The summed E-state index contributed by atoms with van der Waals surface area (Å²) in [6, 6.07) is 0. The van der Waals surface area contributed by atoms with Crippen molar-refractivity contribution in [2.24, 2.45) is 0 Å². The van der Waals surface area contributed by atoms with Crippen LogP contribution in [0.25, 0.3) is 0 Å². The molecule has 0 atom stereocenters. The monoisotopic (exact) mass is 262 g/mol. The Morgan fingerprint density at radius 1 is 0.941 bits per heavy atom. The van der Waals surface area contributed by atoms with Gasteiger partial charge in [-0.1, -0.05) is 25.7 Å². The van der Waals surface area contributed by atoms with E-state index in [-0.39, 0.29) is 12.2 Å². The molecule has 0 aliphatic heterocycles. The maximum atomic E-state index is 10.3. The van der Waals surface area contributed by atoms with Crippen molar-refractivity contribution in [1.82, 2.24) is 0 Å². The summed E-state index contributed by atoms with van der Waals surface area (Å²) >= 11 is 5.05. The first-order chi connectivity index (χ1) is 8.18. The molecule has 100 valence electrons. The molecule has 0 amide bonds. The Balaban J connectivity index is 0.000000181. The number of hydrogen-bond donors (Lipinski definition) is 1. The molecule has 0 bridgehead atoms. The molecule has 0 heterocycles. The minimum absolute atomic E-state index is 0.0359. The number of rotatable bonds is 1. The van der Waals surface area contributed by atoms with Crippen molar-refractivity contribution in [3.05, 3.63) is 0 Å². The first-order valence-corrected chi connectivity index (χ1v) is 7.10. The lowest BCUT2D eigenvalue weighted by Crippen LogP contribution is -2.17. The summed E-state index contributed by atoms with van der Waals surface area (Å²) in [4.78, 5) is 10.3. The molecular weight excluding hydrogens is 240 g/mol. The topological polar surface area (TPSA) is 46.5 Å². The van der Waals surface area contributed by atoms with Gasteiger partial charge in [0.25, 0.3) is 0 Å². The molecule has 4 heteroatoms. The smallest absolute Gasteiger partial charge is 0.404 e. The molecule has 0 saturated heterocycles. The van der Waals surface area contributed by atoms with Crippen molar-refractivity contribution in [3.63, 3.8) is 0 Å². The van der Waals surface area contributed by atoms with E-state index in [1.165, 1.54) is 25.7 Å². The van der Waals surface area contributed by atoms with E-state index in [0.29, 0.717) is 0 Å². The summed E-state index contributed by atoms with van der Waals surface area (Å²) in [5.74, 6) is 0. The standard InChI is InChI=1S/C7H11ClO2.C6H12O/c8-7(9)10-6-4-2-1-3-5-6;7-6-4-2-1-3-5-6/h6H,1-5H2;6-7H,1-5H2. The van der Waals surface area contributed by atoms with Crippen LogP contribution in [0.15, 0.2) is 0 Å². The second-order valence-corrected chi connectivity index (χ2v) is 5.22. The van der Waals surface area contributed by atoms with E-state index in [1.54, 1.807) is 0 Å². The van der Waals surface area contributed by atoms with E-state index in [9.17, 15) is 4.79 Å². The van der Waals surface area contributed by atoms with E-state index in [4.69, 9.17) is 21.4 Å². The molecule has 2 aliphatic rings. The van der Waals surface area contributed by atoms with E-state index in [0.717, 1.165) is 38.5 Å². The van der Waals surface area contributed by atoms with Gasteiger partial charge in [0.05, 0.1) is 6.10 Å². The van der Waals surface area contributed by atoms with Gasteiger partial charge in [-0.25, -0.2) is 4.79 Å². The molecule has 2 rings (SSSR count). The maximum Gasteiger partial charge on any atom is 0.404 e. The van der Waals surface area contributed by atoms with Gasteiger partial charge in [0.1, 0.15) is 6.10 Å². The van der Waals surface area contributed by atoms with Gasteiger partial charge in [-0.05, 0) is 38.5 Å². The zero-order valence-corrected chi connectivity index (χ0v) is 11.1. The molecule has 3 nitrogen and oxygen atoms in total. The zero-order valence-electron chi connectivity index (χ0n) is 10.4. The third-order valence-electron chi connectivity index (χ3n) is 3.39. The van der Waals surface area contributed by atoms with E-state index >= 15 is 0 Å². The van der Waals surface area contributed by atoms with Gasteiger partial charge in [0, 0.05) is 11.6 Å². The molecule has 0 spiro atoms. The molecule has 0 unspecified atom stereocenters. The fourth-order valence-electron chi connectivity index (χ4n) is 2.40. The summed E-state index contributed by atoms with van der Waals surface area (Å²) in [7, 11) is 0. The second kappa shape index (κ2) is 8.76. The van der Waals surface area contributed by atoms with E-state index in [1.807, 2.05) is 0 Å². The van der Waals surface area contributed by atoms with Crippen LogP contribution in [0.2, 0.25) is 0 Å². The minimum Gasteiger partial charge on any atom is -0.450 e. The van der Waals surface area contributed by atoms with Crippen molar-refractivity contribution in [1.29, 1.82) is 0 Å². The molecular formula is C13H23ClO3. The number of ether oxygens (including phenoxy) is 1. The van der Waals surface area contributed by atoms with Crippen LogP contribution < -0.4 is 0 Å². The number of carbonyl (C=O) groups is 1. The predicted octanol–water partition coefficient (Wildman–Crippen LogP) is 4.01. The van der Waals surface area contributed by atoms with Crippen LogP contribution in [0.1, 0.15) is 64.2 Å². The van der Waals surface area contributed by atoms with Crippen LogP contribution in [0.4, 0.5) is 4.79 Å². The average molecular weight is 263 g/mol. The average Bonchev–Trinajstić information content (AvgIpc) is 2.31. The Hall–Kier alpha value is -0.280. The third-order valence-corrected chi connectivity index (χ3v) is 3.48. The van der Waals surface area contributed by atoms with Crippen LogP contribution >= 0.6 is 11.6 Å². The quantitative estimate of drug-likeness (QED) is 0.727. The first kappa shape index (κ1) is 14.8. The molecule has 0 aromatic carbocycles. The summed E-state index contributed by atoms with van der Waals surface area (Å²) < 4.78 is 4.82. The fraction of sp³-hybridized carbons (Fsp3) is 0.923. The lowest BCUT2D eigenvalue weighted by atomic mass is 9.98. The van der Waals surface area contributed by atoms with Crippen molar-refractivity contribution in [3.8, 4) is 0 Å². The molecule has 17 heavy (non-hydrogen) atoms. The third kappa shape index (κ3) is 7.61. The molecule has 0 aromatic heterocycles. The SMILES string of the molecule is O=C(Cl)OC1CCCCC1.OC1CCCCC1. The number of hydrogen-bond acceptors (Lipinski definition) is 3. The molecule has 2 aliphatic carbocycles. The van der Waals surface area contributed by atoms with Crippen molar-refractivity contribution in [2.45, 2.75) is 76.4 Å². The van der Waals surface area contributed by atoms with Gasteiger partial charge in [-0.3, -0.25) is 0 Å². The maximum absolute atomic E-state index is 10.3. The lowest BCUT2D eigenvalue weighted by Gasteiger charge is -2.19. The highest BCUT2D eigenvalue weighted by Crippen LogP contribution is 2.20. The summed E-state index contributed by atoms with van der Waals surface area (Å²) in [5.41, 5.74) is -0.660. The highest BCUT2D eigenvalue weighted by atomic mass is 35.5. The number of carbonyl (C=O) groups excluding carboxylic acids is 1. The number of aliphatic hydroxyl groups is 1. The van der Waals surface area contributed by atoms with E-state index in [2.05, 4.69) is 0 Å². The Kier molecular flexibility index (Phi) is 7.62. The fourth-order valence-corrected chi connectivity index (χ4v) is 2.52. The molecule has 2 fully saturated rings. The van der Waals surface area contributed by atoms with E-state index < -0.39 is 5.43 Å². The van der Waals surface area contributed by atoms with Gasteiger partial charge >= 0.3 is 5.43 Å². The second-order valence-electron chi connectivity index (χ2n) is 4.91. The molecule has 2 saturated carbocycles. The molecule has 1 N–H and O–H groups in total. The first-order valence-electron chi connectivity index (χ1n) is 6.72. The van der Waals surface area contributed by atoms with Crippen molar-refractivity contribution < 1.29 is 14.6 Å². The zero-order chi connectivity index (χ0) is 12.5. The number of aliphatic hydroxyl groups excluding tert-OH is 1. The van der Waals surface area contributed by atoms with Gasteiger partial charge in [0.2, 0.25) is 0 Å². The van der Waals surface area contributed by atoms with Crippen molar-refractivity contribution >= 4 is 17.0 Å². The van der Waals surface area contributed by atoms with Crippen LogP contribution in [-0.4, -0.2) is 22.7 Å². The van der Waals surface area contributed by atoms with Gasteiger partial charge < -0.3 is 9.84 Å².